The molecule has 0 bridgehead atoms. The SMILES string of the molecule is COc1ccc(OC)c([C@@H]2CCCN2C(=O)CN(C)Cc2ccc(SC)cc2)c1. The molecule has 5 nitrogen and oxygen atoms in total. The van der Waals surface area contributed by atoms with Crippen LogP contribution in [-0.2, 0) is 11.3 Å². The molecule has 1 aliphatic heterocycles. The van der Waals surface area contributed by atoms with Crippen molar-refractivity contribution in [3.05, 3.63) is 53.6 Å². The number of rotatable bonds is 8. The van der Waals surface area contributed by atoms with Gasteiger partial charge >= 0.3 is 0 Å². The maximum Gasteiger partial charge on any atom is 0.237 e. The molecule has 2 aromatic carbocycles. The number of thioether (sulfide) groups is 1. The monoisotopic (exact) mass is 414 g/mol. The molecule has 1 fully saturated rings. The number of likely N-dealkylation sites (tertiary alicyclic amines) is 1. The Labute approximate surface area is 178 Å². The minimum atomic E-state index is 0.0295. The summed E-state index contributed by atoms with van der Waals surface area (Å²) >= 11 is 1.73. The third kappa shape index (κ3) is 5.25. The lowest BCUT2D eigenvalue weighted by Crippen LogP contribution is -2.38. The summed E-state index contributed by atoms with van der Waals surface area (Å²) in [6, 6.07) is 14.3. The summed E-state index contributed by atoms with van der Waals surface area (Å²) in [5.41, 5.74) is 2.23. The summed E-state index contributed by atoms with van der Waals surface area (Å²) in [6.07, 6.45) is 4.01. The first-order valence-corrected chi connectivity index (χ1v) is 11.1. The van der Waals surface area contributed by atoms with E-state index in [0.717, 1.165) is 43.0 Å². The molecule has 0 N–H and O–H groups in total. The second kappa shape index (κ2) is 10.0. The highest BCUT2D eigenvalue weighted by Crippen LogP contribution is 2.39. The summed E-state index contributed by atoms with van der Waals surface area (Å²) in [5, 5.41) is 0. The summed E-state index contributed by atoms with van der Waals surface area (Å²) in [7, 11) is 5.32. The van der Waals surface area contributed by atoms with Gasteiger partial charge < -0.3 is 14.4 Å². The standard InChI is InChI=1S/C23H30N2O3S/c1-24(15-17-7-10-19(29-4)11-8-17)16-23(26)25-13-5-6-21(25)20-14-18(27-2)9-12-22(20)28-3/h7-12,14,21H,5-6,13,15-16H2,1-4H3/t21-/m0/s1. The Morgan fingerprint density at radius 1 is 1.17 bits per heavy atom. The van der Waals surface area contributed by atoms with Crippen LogP contribution in [0.2, 0.25) is 0 Å². The number of ether oxygens (including phenoxy) is 2. The Balaban J connectivity index is 1.68. The number of carbonyl (C=O) groups is 1. The van der Waals surface area contributed by atoms with E-state index in [2.05, 4.69) is 35.4 Å². The van der Waals surface area contributed by atoms with Crippen LogP contribution in [0.15, 0.2) is 47.4 Å². The van der Waals surface area contributed by atoms with Gasteiger partial charge in [0, 0.05) is 23.5 Å². The summed E-state index contributed by atoms with van der Waals surface area (Å²) in [6.45, 7) is 1.93. The van der Waals surface area contributed by atoms with Crippen LogP contribution in [0.3, 0.4) is 0 Å². The van der Waals surface area contributed by atoms with E-state index in [1.807, 2.05) is 30.1 Å². The first-order chi connectivity index (χ1) is 14.0. The predicted octanol–water partition coefficient (Wildman–Crippen LogP) is 4.22. The van der Waals surface area contributed by atoms with Crippen molar-refractivity contribution in [1.82, 2.24) is 9.80 Å². The molecule has 1 atom stereocenters. The average molecular weight is 415 g/mol. The van der Waals surface area contributed by atoms with E-state index in [4.69, 9.17) is 9.47 Å². The predicted molar refractivity (Wildman–Crippen MR) is 118 cm³/mol. The molecule has 6 heteroatoms. The highest BCUT2D eigenvalue weighted by atomic mass is 32.2. The van der Waals surface area contributed by atoms with Crippen molar-refractivity contribution in [3.8, 4) is 11.5 Å². The van der Waals surface area contributed by atoms with Crippen LogP contribution in [0.1, 0.15) is 30.0 Å². The van der Waals surface area contributed by atoms with Gasteiger partial charge in [-0.25, -0.2) is 0 Å². The number of hydrogen-bond donors (Lipinski definition) is 0. The van der Waals surface area contributed by atoms with Gasteiger partial charge in [0.25, 0.3) is 0 Å². The van der Waals surface area contributed by atoms with Crippen LogP contribution < -0.4 is 9.47 Å². The van der Waals surface area contributed by atoms with Crippen LogP contribution >= 0.6 is 11.8 Å². The molecule has 1 saturated heterocycles. The van der Waals surface area contributed by atoms with E-state index in [0.29, 0.717) is 6.54 Å². The highest BCUT2D eigenvalue weighted by Gasteiger charge is 2.32. The van der Waals surface area contributed by atoms with Gasteiger partial charge in [-0.3, -0.25) is 9.69 Å². The normalized spacial score (nSPS) is 16.3. The molecule has 1 amide bonds. The summed E-state index contributed by atoms with van der Waals surface area (Å²) in [4.78, 5) is 18.4. The fourth-order valence-corrected chi connectivity index (χ4v) is 4.32. The fraction of sp³-hybridized carbons (Fsp3) is 0.435. The van der Waals surface area contributed by atoms with Crippen LogP contribution in [0, 0.1) is 0 Å². The van der Waals surface area contributed by atoms with Crippen molar-refractivity contribution < 1.29 is 14.3 Å². The van der Waals surface area contributed by atoms with E-state index in [1.165, 1.54) is 10.5 Å². The lowest BCUT2D eigenvalue weighted by atomic mass is 10.0. The lowest BCUT2D eigenvalue weighted by Gasteiger charge is -2.28. The third-order valence-electron chi connectivity index (χ3n) is 5.39. The minimum absolute atomic E-state index is 0.0295. The molecule has 0 spiro atoms. The van der Waals surface area contributed by atoms with Gasteiger partial charge in [-0.15, -0.1) is 11.8 Å². The smallest absolute Gasteiger partial charge is 0.237 e. The zero-order chi connectivity index (χ0) is 20.8. The maximum atomic E-state index is 13.1. The second-order valence-electron chi connectivity index (χ2n) is 7.37. The molecule has 0 aromatic heterocycles. The Morgan fingerprint density at radius 2 is 1.93 bits per heavy atom. The average Bonchev–Trinajstić information content (AvgIpc) is 3.23. The van der Waals surface area contributed by atoms with Crippen molar-refractivity contribution >= 4 is 17.7 Å². The Morgan fingerprint density at radius 3 is 2.59 bits per heavy atom. The van der Waals surface area contributed by atoms with Crippen molar-refractivity contribution in [1.29, 1.82) is 0 Å². The molecule has 0 saturated carbocycles. The van der Waals surface area contributed by atoms with Crippen LogP contribution in [0.4, 0.5) is 0 Å². The number of nitrogens with zero attached hydrogens (tertiary/aromatic N) is 2. The number of amides is 1. The fourth-order valence-electron chi connectivity index (χ4n) is 3.91. The summed E-state index contributed by atoms with van der Waals surface area (Å²) in [5.74, 6) is 1.74. The van der Waals surface area contributed by atoms with Gasteiger partial charge in [0.1, 0.15) is 11.5 Å². The number of likely N-dealkylation sites (N-methyl/N-ethyl adjacent to an activating group) is 1. The van der Waals surface area contributed by atoms with E-state index in [9.17, 15) is 4.79 Å². The maximum absolute atomic E-state index is 13.1. The van der Waals surface area contributed by atoms with Gasteiger partial charge in [-0.2, -0.15) is 0 Å². The number of carbonyl (C=O) groups excluding carboxylic acids is 1. The van der Waals surface area contributed by atoms with E-state index >= 15 is 0 Å². The van der Waals surface area contributed by atoms with Gasteiger partial charge in [-0.05, 0) is 62.0 Å². The first kappa shape index (κ1) is 21.5. The van der Waals surface area contributed by atoms with Crippen molar-refractivity contribution in [2.24, 2.45) is 0 Å². The first-order valence-electron chi connectivity index (χ1n) is 9.88. The molecule has 0 aliphatic carbocycles. The van der Waals surface area contributed by atoms with Gasteiger partial charge in [0.2, 0.25) is 5.91 Å². The Bertz CT molecular complexity index is 825. The van der Waals surface area contributed by atoms with E-state index in [1.54, 1.807) is 26.0 Å². The summed E-state index contributed by atoms with van der Waals surface area (Å²) < 4.78 is 10.9. The highest BCUT2D eigenvalue weighted by molar-refractivity contribution is 7.98. The number of methoxy groups -OCH3 is 2. The Kier molecular flexibility index (Phi) is 7.45. The van der Waals surface area contributed by atoms with Crippen LogP contribution in [-0.4, -0.2) is 56.3 Å². The van der Waals surface area contributed by atoms with E-state index in [-0.39, 0.29) is 11.9 Å². The minimum Gasteiger partial charge on any atom is -0.497 e. The van der Waals surface area contributed by atoms with Crippen LogP contribution in [0.5, 0.6) is 11.5 Å². The van der Waals surface area contributed by atoms with Gasteiger partial charge in [-0.1, -0.05) is 12.1 Å². The second-order valence-corrected chi connectivity index (χ2v) is 8.25. The zero-order valence-corrected chi connectivity index (χ0v) is 18.5. The molecule has 29 heavy (non-hydrogen) atoms. The van der Waals surface area contributed by atoms with Crippen LogP contribution in [0.25, 0.3) is 0 Å². The number of hydrogen-bond acceptors (Lipinski definition) is 5. The molecule has 2 aromatic rings. The zero-order valence-electron chi connectivity index (χ0n) is 17.7. The van der Waals surface area contributed by atoms with Gasteiger partial charge in [0.15, 0.2) is 0 Å². The quantitative estimate of drug-likeness (QED) is 0.605. The Hall–Kier alpha value is -2.18. The molecule has 1 heterocycles. The molecular formula is C23H30N2O3S. The molecule has 156 valence electrons. The molecule has 0 unspecified atom stereocenters. The third-order valence-corrected chi connectivity index (χ3v) is 6.13. The largest absolute Gasteiger partial charge is 0.497 e. The van der Waals surface area contributed by atoms with Crippen molar-refractivity contribution in [3.63, 3.8) is 0 Å². The van der Waals surface area contributed by atoms with Crippen molar-refractivity contribution in [2.75, 3.05) is 40.6 Å². The van der Waals surface area contributed by atoms with Crippen molar-refractivity contribution in [2.45, 2.75) is 30.3 Å². The molecule has 1 aliphatic rings. The number of benzene rings is 2. The molecular weight excluding hydrogens is 384 g/mol. The molecule has 3 rings (SSSR count). The topological polar surface area (TPSA) is 42.0 Å². The lowest BCUT2D eigenvalue weighted by molar-refractivity contribution is -0.133. The molecule has 0 radical (unpaired) electrons. The van der Waals surface area contributed by atoms with Gasteiger partial charge in [0.05, 0.1) is 26.8 Å². The van der Waals surface area contributed by atoms with E-state index < -0.39 is 0 Å².